The SMILES string of the molecule is C1=CC2C3N=C(c4ccccc4)c4c(ccc5ccc(-c6ccccc6)nc45)C23C=C1C1C=C(c2ccccc2)NC(c2ccccc2)=N1. The van der Waals surface area contributed by atoms with Crippen LogP contribution in [0.4, 0.5) is 0 Å². The zero-order valence-corrected chi connectivity index (χ0v) is 26.7. The van der Waals surface area contributed by atoms with Crippen molar-refractivity contribution in [3.8, 4) is 11.3 Å². The van der Waals surface area contributed by atoms with Gasteiger partial charge in [0.25, 0.3) is 0 Å². The van der Waals surface area contributed by atoms with E-state index in [4.69, 9.17) is 15.0 Å². The monoisotopic (exact) mass is 628 g/mol. The molecule has 1 fully saturated rings. The topological polar surface area (TPSA) is 49.6 Å². The van der Waals surface area contributed by atoms with Crippen LogP contribution >= 0.6 is 0 Å². The molecule has 4 nitrogen and oxygen atoms in total. The summed E-state index contributed by atoms with van der Waals surface area (Å²) < 4.78 is 0. The molecule has 2 aliphatic heterocycles. The van der Waals surface area contributed by atoms with Gasteiger partial charge < -0.3 is 5.32 Å². The van der Waals surface area contributed by atoms with Crippen LogP contribution < -0.4 is 5.32 Å². The molecule has 1 N–H and O–H groups in total. The lowest BCUT2D eigenvalue weighted by Crippen LogP contribution is -2.31. The highest BCUT2D eigenvalue weighted by Crippen LogP contribution is 2.64. The van der Waals surface area contributed by atoms with E-state index in [2.05, 4.69) is 163 Å². The first-order valence-corrected chi connectivity index (χ1v) is 17.0. The van der Waals surface area contributed by atoms with Crippen molar-refractivity contribution in [1.29, 1.82) is 0 Å². The van der Waals surface area contributed by atoms with E-state index in [0.717, 1.165) is 61.7 Å². The second kappa shape index (κ2) is 11.0. The molecule has 1 aromatic heterocycles. The Hall–Kier alpha value is -6.13. The molecule has 2 aliphatic carbocycles. The summed E-state index contributed by atoms with van der Waals surface area (Å²) in [5.74, 6) is 1.16. The van der Waals surface area contributed by atoms with Crippen molar-refractivity contribution in [3.05, 3.63) is 203 Å². The third-order valence-corrected chi connectivity index (χ3v) is 10.4. The Morgan fingerprint density at radius 1 is 0.592 bits per heavy atom. The van der Waals surface area contributed by atoms with Gasteiger partial charge in [-0.25, -0.2) is 4.98 Å². The van der Waals surface area contributed by atoms with E-state index < -0.39 is 0 Å². The van der Waals surface area contributed by atoms with Crippen LogP contribution in [0.25, 0.3) is 27.9 Å². The summed E-state index contributed by atoms with van der Waals surface area (Å²) in [6.07, 6.45) is 9.43. The maximum Gasteiger partial charge on any atom is 0.133 e. The van der Waals surface area contributed by atoms with Crippen LogP contribution in [0.15, 0.2) is 185 Å². The van der Waals surface area contributed by atoms with Crippen molar-refractivity contribution in [2.75, 3.05) is 0 Å². The van der Waals surface area contributed by atoms with Crippen LogP contribution in [0.5, 0.6) is 0 Å². The van der Waals surface area contributed by atoms with Crippen LogP contribution in [-0.2, 0) is 5.41 Å². The average molecular weight is 629 g/mol. The van der Waals surface area contributed by atoms with Crippen molar-refractivity contribution in [1.82, 2.24) is 10.3 Å². The lowest BCUT2D eigenvalue weighted by Gasteiger charge is -2.29. The molecule has 4 aliphatic rings. The standard InChI is InChI=1S/C45H32N4/c1-5-13-29(14-6-1)37-26-23-32-21-24-35-40(41(32)46-37)42(31-17-9-3-10-18-31)49-43-36-25-22-34(28-45(35,36)43)39-27-38(30-15-7-2-8-16-30)47-44(48-39)33-19-11-4-12-20-33/h1-28,36,39,43H,(H,47,48). The van der Waals surface area contributed by atoms with E-state index in [0.29, 0.717) is 0 Å². The number of pyridine rings is 1. The summed E-state index contributed by atoms with van der Waals surface area (Å²) in [4.78, 5) is 16.2. The molecule has 5 aromatic carbocycles. The fraction of sp³-hybridized carbons (Fsp3) is 0.0889. The minimum absolute atomic E-state index is 0.121. The number of hydrogen-bond donors (Lipinski definition) is 1. The first-order valence-electron chi connectivity index (χ1n) is 17.0. The number of aliphatic imine (C=N–C) groups is 2. The Balaban J connectivity index is 1.15. The number of aromatic nitrogens is 1. The molecule has 6 aromatic rings. The van der Waals surface area contributed by atoms with Crippen LogP contribution in [0.3, 0.4) is 0 Å². The van der Waals surface area contributed by atoms with Crippen molar-refractivity contribution < 1.29 is 0 Å². The fourth-order valence-corrected chi connectivity index (χ4v) is 8.00. The molecule has 0 radical (unpaired) electrons. The number of fused-ring (bicyclic) bond motifs is 4. The number of nitrogens with zero attached hydrogens (tertiary/aromatic N) is 3. The molecule has 4 unspecified atom stereocenters. The third kappa shape index (κ3) is 4.48. The highest BCUT2D eigenvalue weighted by molar-refractivity contribution is 6.21. The van der Waals surface area contributed by atoms with Gasteiger partial charge in [-0.15, -0.1) is 0 Å². The van der Waals surface area contributed by atoms with Crippen molar-refractivity contribution in [2.45, 2.75) is 17.5 Å². The van der Waals surface area contributed by atoms with Crippen LogP contribution in [0.1, 0.15) is 27.8 Å². The normalized spacial score (nSPS) is 23.1. The summed E-state index contributed by atoms with van der Waals surface area (Å²) in [5.41, 5.74) is 11.9. The Morgan fingerprint density at radius 2 is 1.22 bits per heavy atom. The molecular weight excluding hydrogens is 597 g/mol. The Bertz CT molecular complexity index is 2350. The fourth-order valence-electron chi connectivity index (χ4n) is 8.00. The van der Waals surface area contributed by atoms with Gasteiger partial charge in [-0.1, -0.05) is 158 Å². The molecule has 3 heterocycles. The molecule has 1 saturated carbocycles. The summed E-state index contributed by atoms with van der Waals surface area (Å²) in [7, 11) is 0. The van der Waals surface area contributed by atoms with Gasteiger partial charge in [-0.2, -0.15) is 0 Å². The van der Waals surface area contributed by atoms with Crippen molar-refractivity contribution >= 4 is 28.1 Å². The lowest BCUT2D eigenvalue weighted by molar-refractivity contribution is 0.766. The number of benzene rings is 5. The molecular formula is C45H32N4. The van der Waals surface area contributed by atoms with E-state index in [1.54, 1.807) is 0 Å². The zero-order valence-electron chi connectivity index (χ0n) is 26.7. The molecule has 0 bridgehead atoms. The minimum Gasteiger partial charge on any atom is -0.340 e. The quantitative estimate of drug-likeness (QED) is 0.207. The smallest absolute Gasteiger partial charge is 0.133 e. The van der Waals surface area contributed by atoms with Gasteiger partial charge in [0.05, 0.1) is 29.0 Å². The maximum absolute atomic E-state index is 5.58. The molecule has 10 rings (SSSR count). The van der Waals surface area contributed by atoms with Gasteiger partial charge in [0.1, 0.15) is 5.84 Å². The summed E-state index contributed by atoms with van der Waals surface area (Å²) in [5, 5.41) is 4.76. The Kier molecular flexibility index (Phi) is 6.25. The lowest BCUT2D eigenvalue weighted by atomic mass is 9.79. The van der Waals surface area contributed by atoms with Gasteiger partial charge in [-0.05, 0) is 28.8 Å². The summed E-state index contributed by atoms with van der Waals surface area (Å²) in [6.45, 7) is 0. The number of amidine groups is 1. The van der Waals surface area contributed by atoms with E-state index in [1.807, 2.05) is 12.1 Å². The molecule has 4 heteroatoms. The molecule has 232 valence electrons. The van der Waals surface area contributed by atoms with Crippen molar-refractivity contribution in [2.24, 2.45) is 15.9 Å². The van der Waals surface area contributed by atoms with Crippen LogP contribution in [0, 0.1) is 5.92 Å². The van der Waals surface area contributed by atoms with Gasteiger partial charge >= 0.3 is 0 Å². The highest BCUT2D eigenvalue weighted by Gasteiger charge is 2.67. The molecule has 0 amide bonds. The van der Waals surface area contributed by atoms with E-state index >= 15 is 0 Å². The van der Waals surface area contributed by atoms with Gasteiger partial charge in [0.2, 0.25) is 0 Å². The molecule has 1 spiro atoms. The third-order valence-electron chi connectivity index (χ3n) is 10.4. The molecule has 0 saturated heterocycles. The zero-order chi connectivity index (χ0) is 32.4. The second-order valence-electron chi connectivity index (χ2n) is 13.2. The largest absolute Gasteiger partial charge is 0.340 e. The summed E-state index contributed by atoms with van der Waals surface area (Å²) >= 11 is 0. The van der Waals surface area contributed by atoms with Crippen LogP contribution in [-0.4, -0.2) is 28.6 Å². The predicted molar refractivity (Wildman–Crippen MR) is 200 cm³/mol. The number of hydrogen-bond acceptors (Lipinski definition) is 4. The van der Waals surface area contributed by atoms with E-state index in [9.17, 15) is 0 Å². The Labute approximate surface area is 285 Å². The number of nitrogens with one attached hydrogen (secondary N) is 1. The predicted octanol–water partition coefficient (Wildman–Crippen LogP) is 8.94. The number of rotatable bonds is 5. The van der Waals surface area contributed by atoms with E-state index in [-0.39, 0.29) is 23.4 Å². The highest BCUT2D eigenvalue weighted by atomic mass is 15.0. The van der Waals surface area contributed by atoms with Crippen molar-refractivity contribution in [3.63, 3.8) is 0 Å². The first kappa shape index (κ1) is 27.9. The maximum atomic E-state index is 5.58. The van der Waals surface area contributed by atoms with Gasteiger partial charge in [0.15, 0.2) is 0 Å². The van der Waals surface area contributed by atoms with Gasteiger partial charge in [-0.3, -0.25) is 9.98 Å². The summed E-state index contributed by atoms with van der Waals surface area (Å²) in [6, 6.07) is 50.9. The molecule has 4 atom stereocenters. The van der Waals surface area contributed by atoms with Crippen LogP contribution in [0.2, 0.25) is 0 Å². The Morgan fingerprint density at radius 3 is 1.94 bits per heavy atom. The molecule has 49 heavy (non-hydrogen) atoms. The minimum atomic E-state index is -0.246. The van der Waals surface area contributed by atoms with E-state index in [1.165, 1.54) is 11.1 Å². The second-order valence-corrected chi connectivity index (χ2v) is 13.2. The van der Waals surface area contributed by atoms with Gasteiger partial charge in [0, 0.05) is 44.7 Å². The first-order chi connectivity index (χ1) is 24.3. The average Bonchev–Trinajstić information content (AvgIpc) is 3.86.